The van der Waals surface area contributed by atoms with E-state index in [9.17, 15) is 37.8 Å². The topological polar surface area (TPSA) is 199 Å². The molecular formula is C13H32Na4O11P4. The van der Waals surface area contributed by atoms with Crippen molar-refractivity contribution in [1.82, 2.24) is 0 Å². The van der Waals surface area contributed by atoms with Gasteiger partial charge in [-0.05, 0) is 6.42 Å². The standard InChI is InChI=1S/C13H28O.4Na.2H4O5P2/c1-2-3-4-5-6-7-8-9-10-11-12-13-14;;;;;2*1-6(2)5-7(3)4/h14H,2-13H2,1H3;;;;;2*6-7H,(H,1,2)(H,3,4)/q;4*+1;;/p-4. The molecule has 1 N–H and O–H groups in total. The molecule has 19 heteroatoms. The number of aliphatic hydroxyl groups is 1. The molecule has 0 saturated heterocycles. The Kier molecular flexibility index (Phi) is 75.4. The van der Waals surface area contributed by atoms with Gasteiger partial charge in [-0.1, -0.05) is 71.1 Å². The van der Waals surface area contributed by atoms with Crippen molar-refractivity contribution in [1.29, 1.82) is 0 Å². The molecule has 0 amide bonds. The molecular weight excluding hydrogens is 548 g/mol. The Morgan fingerprint density at radius 3 is 0.906 bits per heavy atom. The quantitative estimate of drug-likeness (QED) is 0.110. The molecule has 0 aliphatic heterocycles. The zero-order valence-electron chi connectivity index (χ0n) is 20.0. The molecule has 174 valence electrons. The fourth-order valence-corrected chi connectivity index (χ4v) is 3.00. The molecule has 0 rings (SSSR count). The summed E-state index contributed by atoms with van der Waals surface area (Å²) < 4.78 is 43.6. The van der Waals surface area contributed by atoms with Crippen LogP contribution < -0.4 is 138 Å². The Morgan fingerprint density at radius 2 is 0.750 bits per heavy atom. The van der Waals surface area contributed by atoms with Crippen LogP contribution in [0.1, 0.15) is 77.6 Å². The Labute approximate surface area is 282 Å². The third-order valence-electron chi connectivity index (χ3n) is 3.10. The van der Waals surface area contributed by atoms with Crippen LogP contribution in [0.4, 0.5) is 0 Å². The molecule has 0 radical (unpaired) electrons. The van der Waals surface area contributed by atoms with Gasteiger partial charge in [0.25, 0.3) is 0 Å². The summed E-state index contributed by atoms with van der Waals surface area (Å²) in [6.45, 7) is 2.64. The summed E-state index contributed by atoms with van der Waals surface area (Å²) in [6, 6.07) is 0. The van der Waals surface area contributed by atoms with Gasteiger partial charge in [-0.2, -0.15) is 0 Å². The van der Waals surface area contributed by atoms with Gasteiger partial charge in [0.15, 0.2) is 0 Å². The van der Waals surface area contributed by atoms with Gasteiger partial charge in [0.05, 0.1) is 0 Å². The first-order chi connectivity index (χ1) is 13.2. The molecule has 0 saturated carbocycles. The Balaban J connectivity index is -0.0000000601. The van der Waals surface area contributed by atoms with Gasteiger partial charge in [0.1, 0.15) is 33.0 Å². The fraction of sp³-hybridized carbons (Fsp3) is 1.00. The predicted molar refractivity (Wildman–Crippen MR) is 102 cm³/mol. The molecule has 0 spiro atoms. The van der Waals surface area contributed by atoms with E-state index in [1.54, 1.807) is 0 Å². The summed E-state index contributed by atoms with van der Waals surface area (Å²) >= 11 is 0. The number of hydrogen-bond donors (Lipinski definition) is 1. The van der Waals surface area contributed by atoms with Gasteiger partial charge in [0.2, 0.25) is 0 Å². The second kappa shape index (κ2) is 45.6. The first kappa shape index (κ1) is 53.0. The van der Waals surface area contributed by atoms with Crippen LogP contribution in [-0.2, 0) is 26.9 Å². The maximum atomic E-state index is 9.29. The molecule has 0 heterocycles. The minimum absolute atomic E-state index is 0. The second-order valence-electron chi connectivity index (χ2n) is 5.46. The van der Waals surface area contributed by atoms with Crippen LogP contribution in [0, 0.1) is 0 Å². The van der Waals surface area contributed by atoms with E-state index in [0.29, 0.717) is 6.61 Å². The molecule has 0 aromatic heterocycles. The minimum Gasteiger partial charge on any atom is -0.781 e. The van der Waals surface area contributed by atoms with Crippen LogP contribution >= 0.6 is 33.0 Å². The van der Waals surface area contributed by atoms with Gasteiger partial charge < -0.3 is 42.9 Å². The molecule has 0 bridgehead atoms. The van der Waals surface area contributed by atoms with E-state index in [4.69, 9.17) is 5.11 Å². The summed E-state index contributed by atoms with van der Waals surface area (Å²) in [5.41, 5.74) is 0. The molecule has 0 aromatic carbocycles. The SMILES string of the molecule is CCCCCCCCCCCCCO.O=[PH]([O-])O[PH](=O)[O-].O=[PH]([O-])O[PH](=O)[O-].[Na+].[Na+].[Na+].[Na+]. The summed E-state index contributed by atoms with van der Waals surface area (Å²) in [6.07, 6.45) is 14.8. The van der Waals surface area contributed by atoms with Gasteiger partial charge in [-0.3, -0.25) is 8.62 Å². The molecule has 0 fully saturated rings. The largest absolute Gasteiger partial charge is 1.00 e. The average molecular weight is 580 g/mol. The molecule has 0 aliphatic rings. The van der Waals surface area contributed by atoms with Gasteiger partial charge in [-0.15, -0.1) is 0 Å². The summed E-state index contributed by atoms with van der Waals surface area (Å²) in [5, 5.41) is 8.59. The van der Waals surface area contributed by atoms with Crippen molar-refractivity contribution in [2.75, 3.05) is 6.61 Å². The van der Waals surface area contributed by atoms with Crippen LogP contribution in [-0.4, -0.2) is 11.7 Å². The van der Waals surface area contributed by atoms with Crippen LogP contribution in [0.15, 0.2) is 0 Å². The number of aliphatic hydroxyl groups excluding tert-OH is 1. The monoisotopic (exact) mass is 580 g/mol. The van der Waals surface area contributed by atoms with Crippen LogP contribution in [0.2, 0.25) is 0 Å². The summed E-state index contributed by atoms with van der Waals surface area (Å²) in [4.78, 5) is 37.1. The van der Waals surface area contributed by atoms with E-state index >= 15 is 0 Å². The smallest absolute Gasteiger partial charge is 0.781 e. The van der Waals surface area contributed by atoms with Crippen molar-refractivity contribution in [2.45, 2.75) is 77.6 Å². The van der Waals surface area contributed by atoms with E-state index in [-0.39, 0.29) is 118 Å². The number of hydrogen-bond acceptors (Lipinski definition) is 11. The molecule has 11 nitrogen and oxygen atoms in total. The third kappa shape index (κ3) is 70.1. The van der Waals surface area contributed by atoms with Crippen molar-refractivity contribution in [3.63, 3.8) is 0 Å². The first-order valence-corrected chi connectivity index (χ1v) is 13.9. The van der Waals surface area contributed by atoms with E-state index in [1.165, 1.54) is 64.2 Å². The van der Waals surface area contributed by atoms with Crippen LogP contribution in [0.5, 0.6) is 0 Å². The average Bonchev–Trinajstić information content (AvgIpc) is 2.55. The Bertz CT molecular complexity index is 379. The van der Waals surface area contributed by atoms with Crippen molar-refractivity contribution >= 4 is 33.0 Å². The maximum Gasteiger partial charge on any atom is 1.00 e. The van der Waals surface area contributed by atoms with Crippen molar-refractivity contribution in [3.05, 3.63) is 0 Å². The zero-order valence-corrected chi connectivity index (χ0v) is 32.0. The zero-order chi connectivity index (χ0) is 22.2. The maximum absolute atomic E-state index is 9.29. The van der Waals surface area contributed by atoms with E-state index in [0.717, 1.165) is 6.42 Å². The van der Waals surface area contributed by atoms with Gasteiger partial charge in [-0.25, -0.2) is 0 Å². The van der Waals surface area contributed by atoms with Crippen LogP contribution in [0.25, 0.3) is 0 Å². The Morgan fingerprint density at radius 1 is 0.531 bits per heavy atom. The summed E-state index contributed by atoms with van der Waals surface area (Å²) in [5.74, 6) is 0. The predicted octanol–water partition coefficient (Wildman–Crippen LogP) is -10.7. The van der Waals surface area contributed by atoms with Crippen LogP contribution in [0.3, 0.4) is 0 Å². The van der Waals surface area contributed by atoms with Crippen molar-refractivity contribution in [2.24, 2.45) is 0 Å². The number of rotatable bonds is 15. The van der Waals surface area contributed by atoms with Crippen molar-refractivity contribution in [3.8, 4) is 0 Å². The van der Waals surface area contributed by atoms with E-state index in [1.807, 2.05) is 0 Å². The third-order valence-corrected chi connectivity index (χ3v) is 5.76. The van der Waals surface area contributed by atoms with E-state index in [2.05, 4.69) is 15.5 Å². The number of unbranched alkanes of at least 4 members (excludes halogenated alkanes) is 10. The van der Waals surface area contributed by atoms with E-state index < -0.39 is 33.0 Å². The molecule has 4 unspecified atom stereocenters. The fourth-order valence-electron chi connectivity index (χ4n) is 1.91. The van der Waals surface area contributed by atoms with Gasteiger partial charge in [0, 0.05) is 6.61 Å². The van der Waals surface area contributed by atoms with Gasteiger partial charge >= 0.3 is 118 Å². The first-order valence-electron chi connectivity index (χ1n) is 8.97. The molecule has 0 aromatic rings. The normalized spacial score (nSPS) is 12.8. The molecule has 32 heavy (non-hydrogen) atoms. The minimum atomic E-state index is -3.51. The summed E-state index contributed by atoms with van der Waals surface area (Å²) in [7, 11) is -14.1. The molecule has 0 aliphatic carbocycles. The second-order valence-corrected chi connectivity index (χ2v) is 9.10. The van der Waals surface area contributed by atoms with Crippen molar-refractivity contribution < 1.29 is 170 Å². The molecule has 4 atom stereocenters. The Hall–Kier alpha value is 4.64.